The van der Waals surface area contributed by atoms with Crippen LogP contribution in [0.25, 0.3) is 0 Å². The van der Waals surface area contributed by atoms with Crippen molar-refractivity contribution in [1.29, 1.82) is 0 Å². The van der Waals surface area contributed by atoms with E-state index in [0.29, 0.717) is 18.6 Å². The Labute approximate surface area is 124 Å². The molecule has 0 aliphatic heterocycles. The summed E-state index contributed by atoms with van der Waals surface area (Å²) in [6.45, 7) is 3.86. The Morgan fingerprint density at radius 2 is 2.05 bits per heavy atom. The van der Waals surface area contributed by atoms with Gasteiger partial charge >= 0.3 is 5.97 Å². The summed E-state index contributed by atoms with van der Waals surface area (Å²) in [4.78, 5) is 11.9. The van der Waals surface area contributed by atoms with Crippen LogP contribution in [0.1, 0.15) is 24.5 Å². The third kappa shape index (κ3) is 2.91. The van der Waals surface area contributed by atoms with Gasteiger partial charge in [-0.1, -0.05) is 36.8 Å². The molecule has 1 aromatic carbocycles. The molecule has 2 aromatic rings. The number of nitrogens with zero attached hydrogens (tertiary/aromatic N) is 2. The molecule has 0 spiro atoms. The largest absolute Gasteiger partial charge is 0.493 e. The van der Waals surface area contributed by atoms with Crippen LogP contribution in [0, 0.1) is 6.92 Å². The molecule has 0 aliphatic carbocycles. The molecule has 0 bridgehead atoms. The Balaban J connectivity index is 2.41. The number of carbonyl (C=O) groups is 1. The van der Waals surface area contributed by atoms with Crippen LogP contribution in [0.5, 0.6) is 5.75 Å². The normalized spacial score (nSPS) is 13.7. The molecule has 0 radical (unpaired) electrons. The molecule has 0 aliphatic rings. The molecule has 5 heteroatoms. The first-order valence-corrected chi connectivity index (χ1v) is 6.90. The monoisotopic (exact) mass is 288 g/mol. The number of hydrogen-bond acceptors (Lipinski definition) is 3. The Hall–Kier alpha value is -2.30. The van der Waals surface area contributed by atoms with Crippen molar-refractivity contribution in [2.24, 2.45) is 0 Å². The fraction of sp³-hybridized carbons (Fsp3) is 0.375. The Morgan fingerprint density at radius 3 is 2.52 bits per heavy atom. The number of ether oxygens (including phenoxy) is 1. The molecule has 21 heavy (non-hydrogen) atoms. The highest BCUT2D eigenvalue weighted by Gasteiger charge is 2.40. The lowest BCUT2D eigenvalue weighted by Gasteiger charge is -2.28. The van der Waals surface area contributed by atoms with Gasteiger partial charge in [0.15, 0.2) is 11.3 Å². The molecule has 5 nitrogen and oxygen atoms in total. The molecule has 112 valence electrons. The van der Waals surface area contributed by atoms with E-state index in [-0.39, 0.29) is 0 Å². The van der Waals surface area contributed by atoms with Gasteiger partial charge in [-0.2, -0.15) is 5.10 Å². The molecule has 1 aromatic heterocycles. The van der Waals surface area contributed by atoms with Gasteiger partial charge in [-0.05, 0) is 18.9 Å². The number of carboxylic acids is 1. The van der Waals surface area contributed by atoms with E-state index in [0.717, 1.165) is 11.1 Å². The lowest BCUT2D eigenvalue weighted by atomic mass is 9.88. The summed E-state index contributed by atoms with van der Waals surface area (Å²) in [6.07, 6.45) is 3.97. The molecule has 2 rings (SSSR count). The lowest BCUT2D eigenvalue weighted by molar-refractivity contribution is -0.148. The third-order valence-corrected chi connectivity index (χ3v) is 3.83. The van der Waals surface area contributed by atoms with Crippen LogP contribution in [0.2, 0.25) is 0 Å². The van der Waals surface area contributed by atoms with Crippen molar-refractivity contribution in [1.82, 2.24) is 9.78 Å². The van der Waals surface area contributed by atoms with Crippen molar-refractivity contribution in [2.75, 3.05) is 7.11 Å². The molecular weight excluding hydrogens is 268 g/mol. The van der Waals surface area contributed by atoms with Crippen molar-refractivity contribution >= 4 is 5.97 Å². The third-order valence-electron chi connectivity index (χ3n) is 3.83. The zero-order valence-electron chi connectivity index (χ0n) is 12.5. The smallest absolute Gasteiger partial charge is 0.331 e. The van der Waals surface area contributed by atoms with Gasteiger partial charge in [0, 0.05) is 6.42 Å². The van der Waals surface area contributed by atoms with Gasteiger partial charge in [-0.3, -0.25) is 4.68 Å². The first-order chi connectivity index (χ1) is 10.0. The van der Waals surface area contributed by atoms with Crippen LogP contribution in [-0.2, 0) is 16.8 Å². The minimum atomic E-state index is -1.11. The summed E-state index contributed by atoms with van der Waals surface area (Å²) < 4.78 is 6.60. The molecule has 0 saturated heterocycles. The first kappa shape index (κ1) is 15.1. The highest BCUT2D eigenvalue weighted by Crippen LogP contribution is 2.28. The minimum Gasteiger partial charge on any atom is -0.493 e. The predicted octanol–water partition coefficient (Wildman–Crippen LogP) is 2.63. The number of hydrogen-bond donors (Lipinski definition) is 1. The van der Waals surface area contributed by atoms with Crippen molar-refractivity contribution in [3.8, 4) is 5.75 Å². The first-order valence-electron chi connectivity index (χ1n) is 6.90. The van der Waals surface area contributed by atoms with E-state index in [1.807, 2.05) is 38.1 Å². The fourth-order valence-electron chi connectivity index (χ4n) is 2.38. The zero-order chi connectivity index (χ0) is 15.5. The number of aryl methyl sites for hydroxylation is 1. The average Bonchev–Trinajstić information content (AvgIpc) is 2.96. The van der Waals surface area contributed by atoms with Gasteiger partial charge in [-0.25, -0.2) is 4.79 Å². The van der Waals surface area contributed by atoms with Gasteiger partial charge in [0.25, 0.3) is 0 Å². The van der Waals surface area contributed by atoms with Crippen molar-refractivity contribution in [3.05, 3.63) is 47.8 Å². The number of rotatable bonds is 6. The SMILES string of the molecule is CCC(Cc1ccc(C)cc1)(C(=O)O)n1cc(OC)cn1. The molecule has 0 fully saturated rings. The van der Waals surface area contributed by atoms with Crippen LogP contribution >= 0.6 is 0 Å². The van der Waals surface area contributed by atoms with Gasteiger partial charge in [0.2, 0.25) is 0 Å². The maximum Gasteiger partial charge on any atom is 0.331 e. The summed E-state index contributed by atoms with van der Waals surface area (Å²) in [5.74, 6) is -0.339. The number of aliphatic carboxylic acids is 1. The predicted molar refractivity (Wildman–Crippen MR) is 79.6 cm³/mol. The minimum absolute atomic E-state index is 0.379. The highest BCUT2D eigenvalue weighted by molar-refractivity contribution is 5.77. The maximum absolute atomic E-state index is 11.9. The van der Waals surface area contributed by atoms with Crippen LogP contribution in [0.4, 0.5) is 0 Å². The molecule has 1 N–H and O–H groups in total. The lowest BCUT2D eigenvalue weighted by Crippen LogP contribution is -2.44. The van der Waals surface area contributed by atoms with Gasteiger partial charge in [0.05, 0.1) is 19.5 Å². The molecule has 1 atom stereocenters. The number of aromatic nitrogens is 2. The van der Waals surface area contributed by atoms with Gasteiger partial charge < -0.3 is 9.84 Å². The van der Waals surface area contributed by atoms with Crippen molar-refractivity contribution in [2.45, 2.75) is 32.2 Å². The zero-order valence-corrected chi connectivity index (χ0v) is 12.5. The van der Waals surface area contributed by atoms with Crippen LogP contribution in [0.15, 0.2) is 36.7 Å². The number of methoxy groups -OCH3 is 1. The average molecular weight is 288 g/mol. The number of benzene rings is 1. The summed E-state index contributed by atoms with van der Waals surface area (Å²) in [5.41, 5.74) is 1.02. The van der Waals surface area contributed by atoms with Crippen LogP contribution in [-0.4, -0.2) is 28.0 Å². The van der Waals surface area contributed by atoms with Crippen molar-refractivity contribution in [3.63, 3.8) is 0 Å². The molecule has 1 unspecified atom stereocenters. The van der Waals surface area contributed by atoms with E-state index in [1.165, 1.54) is 18.0 Å². The second-order valence-corrected chi connectivity index (χ2v) is 5.18. The van der Waals surface area contributed by atoms with Crippen LogP contribution < -0.4 is 4.74 Å². The summed E-state index contributed by atoms with van der Waals surface area (Å²) in [7, 11) is 1.54. The molecular formula is C16H20N2O3. The maximum atomic E-state index is 11.9. The Kier molecular flexibility index (Phi) is 4.31. The topological polar surface area (TPSA) is 64.3 Å². The van der Waals surface area contributed by atoms with E-state index in [4.69, 9.17) is 4.74 Å². The second kappa shape index (κ2) is 5.99. The van der Waals surface area contributed by atoms with Crippen LogP contribution in [0.3, 0.4) is 0 Å². The standard InChI is InChI=1S/C16H20N2O3/c1-4-16(15(19)20,18-11-14(21-3)10-17-18)9-13-7-5-12(2)6-8-13/h5-8,10-11H,4,9H2,1-3H3,(H,19,20). The van der Waals surface area contributed by atoms with E-state index in [2.05, 4.69) is 5.10 Å². The fourth-order valence-corrected chi connectivity index (χ4v) is 2.38. The highest BCUT2D eigenvalue weighted by atomic mass is 16.5. The number of carboxylic acid groups (broad SMARTS) is 1. The summed E-state index contributed by atoms with van der Waals surface area (Å²) in [6, 6.07) is 7.90. The van der Waals surface area contributed by atoms with E-state index in [9.17, 15) is 9.90 Å². The van der Waals surface area contributed by atoms with Gasteiger partial charge in [-0.15, -0.1) is 0 Å². The summed E-state index contributed by atoms with van der Waals surface area (Å²) >= 11 is 0. The summed E-state index contributed by atoms with van der Waals surface area (Å²) in [5, 5.41) is 13.9. The Morgan fingerprint density at radius 1 is 1.38 bits per heavy atom. The van der Waals surface area contributed by atoms with Gasteiger partial charge in [0.1, 0.15) is 0 Å². The Bertz CT molecular complexity index is 619. The molecule has 1 heterocycles. The van der Waals surface area contributed by atoms with E-state index in [1.54, 1.807) is 6.20 Å². The quantitative estimate of drug-likeness (QED) is 0.887. The van der Waals surface area contributed by atoms with E-state index >= 15 is 0 Å². The molecule has 0 saturated carbocycles. The van der Waals surface area contributed by atoms with E-state index < -0.39 is 11.5 Å². The van der Waals surface area contributed by atoms with Crippen molar-refractivity contribution < 1.29 is 14.6 Å². The molecule has 0 amide bonds. The second-order valence-electron chi connectivity index (χ2n) is 5.18.